The van der Waals surface area contributed by atoms with Crippen LogP contribution in [0, 0.1) is 27.7 Å². The molecule has 0 radical (unpaired) electrons. The van der Waals surface area contributed by atoms with Gasteiger partial charge in [-0.15, -0.1) is 0 Å². The van der Waals surface area contributed by atoms with Crippen molar-refractivity contribution in [3.8, 4) is 0 Å². The largest absolute Gasteiger partial charge is 0.281 e. The van der Waals surface area contributed by atoms with E-state index >= 15 is 0 Å². The van der Waals surface area contributed by atoms with Crippen molar-refractivity contribution < 1.29 is 16.8 Å². The summed E-state index contributed by atoms with van der Waals surface area (Å²) in [7, 11) is -7.55. The van der Waals surface area contributed by atoms with Gasteiger partial charge in [-0.3, -0.25) is 9.78 Å². The Morgan fingerprint density at radius 2 is 1.37 bits per heavy atom. The third-order valence-electron chi connectivity index (χ3n) is 5.42. The second-order valence-electron chi connectivity index (χ2n) is 7.96. The molecule has 168 valence electrons. The first-order valence-electron chi connectivity index (χ1n) is 9.96. The van der Waals surface area contributed by atoms with E-state index in [-0.39, 0.29) is 42.0 Å². The molecule has 0 spiro atoms. The molecule has 1 saturated heterocycles. The van der Waals surface area contributed by atoms with Crippen LogP contribution >= 0.6 is 0 Å². The summed E-state index contributed by atoms with van der Waals surface area (Å²) < 4.78 is 57.5. The second kappa shape index (κ2) is 8.06. The molecular formula is C18H30N6O4S2. The topological polar surface area (TPSA) is 121 Å². The molecule has 0 saturated carbocycles. The number of hydrogen-bond acceptors (Lipinski definition) is 6. The SMILES string of the molecule is Cc1n[nH]c(C)c1S(=O)(=O)N1CCCN(S(=O)(=O)c2c(C)nn(C(C)C)c2C)CC1. The van der Waals surface area contributed by atoms with E-state index in [2.05, 4.69) is 15.3 Å². The second-order valence-corrected chi connectivity index (χ2v) is 11.7. The van der Waals surface area contributed by atoms with E-state index in [1.807, 2.05) is 13.8 Å². The molecule has 0 aromatic carbocycles. The van der Waals surface area contributed by atoms with Crippen LogP contribution in [0.3, 0.4) is 0 Å². The monoisotopic (exact) mass is 458 g/mol. The van der Waals surface area contributed by atoms with Crippen molar-refractivity contribution in [3.05, 3.63) is 22.8 Å². The van der Waals surface area contributed by atoms with Crippen LogP contribution in [0.2, 0.25) is 0 Å². The highest BCUT2D eigenvalue weighted by Gasteiger charge is 2.36. The summed E-state index contributed by atoms with van der Waals surface area (Å²) >= 11 is 0. The van der Waals surface area contributed by atoms with Gasteiger partial charge in [0.05, 0.1) is 22.8 Å². The molecule has 2 aromatic heterocycles. The Morgan fingerprint density at radius 1 is 0.833 bits per heavy atom. The van der Waals surface area contributed by atoms with Gasteiger partial charge in [0.2, 0.25) is 20.0 Å². The molecule has 0 unspecified atom stereocenters. The number of H-pyrrole nitrogens is 1. The Bertz CT molecular complexity index is 1130. The lowest BCUT2D eigenvalue weighted by Crippen LogP contribution is -2.38. The maximum atomic E-state index is 13.4. The molecule has 1 N–H and O–H groups in total. The van der Waals surface area contributed by atoms with E-state index in [0.717, 1.165) is 0 Å². The van der Waals surface area contributed by atoms with Crippen LogP contribution in [-0.2, 0) is 20.0 Å². The first kappa shape index (κ1) is 22.9. The van der Waals surface area contributed by atoms with Gasteiger partial charge >= 0.3 is 0 Å². The van der Waals surface area contributed by atoms with Gasteiger partial charge in [0.15, 0.2) is 0 Å². The fraction of sp³-hybridized carbons (Fsp3) is 0.667. The van der Waals surface area contributed by atoms with Crippen LogP contribution in [0.25, 0.3) is 0 Å². The summed E-state index contributed by atoms with van der Waals surface area (Å²) in [5.41, 5.74) is 1.95. The molecule has 30 heavy (non-hydrogen) atoms. The van der Waals surface area contributed by atoms with E-state index in [9.17, 15) is 16.8 Å². The fourth-order valence-electron chi connectivity index (χ4n) is 4.05. The highest BCUT2D eigenvalue weighted by molar-refractivity contribution is 7.89. The molecule has 0 bridgehead atoms. The van der Waals surface area contributed by atoms with Gasteiger partial charge in [0, 0.05) is 32.2 Å². The predicted octanol–water partition coefficient (Wildman–Crippen LogP) is 1.51. The minimum absolute atomic E-state index is 0.0406. The molecule has 2 aromatic rings. The Balaban J connectivity index is 1.89. The van der Waals surface area contributed by atoms with Gasteiger partial charge in [-0.1, -0.05) is 0 Å². The van der Waals surface area contributed by atoms with Gasteiger partial charge in [-0.05, 0) is 48.0 Å². The first-order valence-corrected chi connectivity index (χ1v) is 12.8. The summed E-state index contributed by atoms with van der Waals surface area (Å²) in [6, 6.07) is 0.0406. The number of sulfonamides is 2. The van der Waals surface area contributed by atoms with Crippen LogP contribution in [0.15, 0.2) is 9.79 Å². The highest BCUT2D eigenvalue weighted by Crippen LogP contribution is 2.28. The number of aromatic amines is 1. The Labute approximate surface area is 178 Å². The number of rotatable bonds is 5. The third-order valence-corrected chi connectivity index (χ3v) is 9.73. The van der Waals surface area contributed by atoms with Crippen LogP contribution in [0.1, 0.15) is 49.1 Å². The maximum Gasteiger partial charge on any atom is 0.246 e. The van der Waals surface area contributed by atoms with Crippen LogP contribution in [0.4, 0.5) is 0 Å². The predicted molar refractivity (Wildman–Crippen MR) is 112 cm³/mol. The summed E-state index contributed by atoms with van der Waals surface area (Å²) in [5.74, 6) is 0. The zero-order valence-corrected chi connectivity index (χ0v) is 19.9. The molecule has 0 aliphatic carbocycles. The van der Waals surface area contributed by atoms with Crippen molar-refractivity contribution in [1.29, 1.82) is 0 Å². The zero-order chi connectivity index (χ0) is 22.4. The molecule has 1 fully saturated rings. The molecule has 0 atom stereocenters. The molecule has 0 amide bonds. The van der Waals surface area contributed by atoms with Gasteiger partial charge in [0.1, 0.15) is 9.79 Å². The van der Waals surface area contributed by atoms with Crippen molar-refractivity contribution >= 4 is 20.0 Å². The Kier molecular flexibility index (Phi) is 6.16. The average Bonchev–Trinajstić information content (AvgIpc) is 3.01. The van der Waals surface area contributed by atoms with Crippen molar-refractivity contribution in [2.24, 2.45) is 0 Å². The third kappa shape index (κ3) is 3.81. The van der Waals surface area contributed by atoms with Crippen molar-refractivity contribution in [2.75, 3.05) is 26.2 Å². The molecule has 10 nitrogen and oxygen atoms in total. The average molecular weight is 459 g/mol. The minimum atomic E-state index is -3.79. The van der Waals surface area contributed by atoms with E-state index in [0.29, 0.717) is 29.2 Å². The molecule has 3 heterocycles. The Hall–Kier alpha value is -1.76. The Morgan fingerprint density at radius 3 is 1.80 bits per heavy atom. The number of hydrogen-bond donors (Lipinski definition) is 1. The number of aryl methyl sites for hydroxylation is 3. The molecule has 1 aliphatic heterocycles. The van der Waals surface area contributed by atoms with Gasteiger partial charge in [-0.2, -0.15) is 18.8 Å². The van der Waals surface area contributed by atoms with Crippen molar-refractivity contribution in [2.45, 2.75) is 63.8 Å². The fourth-order valence-corrected chi connectivity index (χ4v) is 7.69. The van der Waals surface area contributed by atoms with E-state index in [1.54, 1.807) is 32.4 Å². The van der Waals surface area contributed by atoms with Crippen molar-refractivity contribution in [1.82, 2.24) is 28.6 Å². The molecular weight excluding hydrogens is 428 g/mol. The van der Waals surface area contributed by atoms with E-state index in [1.165, 1.54) is 8.61 Å². The number of aromatic nitrogens is 4. The van der Waals surface area contributed by atoms with Gasteiger partial charge in [-0.25, -0.2) is 16.8 Å². The highest BCUT2D eigenvalue weighted by atomic mass is 32.2. The van der Waals surface area contributed by atoms with Crippen LogP contribution in [0.5, 0.6) is 0 Å². The smallest absolute Gasteiger partial charge is 0.246 e. The van der Waals surface area contributed by atoms with Crippen LogP contribution < -0.4 is 0 Å². The lowest BCUT2D eigenvalue weighted by molar-refractivity contribution is 0.403. The summed E-state index contributed by atoms with van der Waals surface area (Å²) in [6.45, 7) is 11.3. The normalized spacial score (nSPS) is 17.6. The lowest BCUT2D eigenvalue weighted by atomic mass is 10.3. The number of nitrogens with zero attached hydrogens (tertiary/aromatic N) is 5. The quantitative estimate of drug-likeness (QED) is 0.725. The molecule has 1 aliphatic rings. The maximum absolute atomic E-state index is 13.4. The summed E-state index contributed by atoms with van der Waals surface area (Å²) in [4.78, 5) is 0.387. The van der Waals surface area contributed by atoms with Gasteiger partial charge in [0.25, 0.3) is 0 Å². The van der Waals surface area contributed by atoms with E-state index < -0.39 is 20.0 Å². The first-order chi connectivity index (χ1) is 13.9. The van der Waals surface area contributed by atoms with Crippen molar-refractivity contribution in [3.63, 3.8) is 0 Å². The molecule has 3 rings (SSSR count). The molecule has 12 heteroatoms. The van der Waals surface area contributed by atoms with Crippen LogP contribution in [-0.4, -0.2) is 71.6 Å². The lowest BCUT2D eigenvalue weighted by Gasteiger charge is -2.22. The minimum Gasteiger partial charge on any atom is -0.281 e. The zero-order valence-electron chi connectivity index (χ0n) is 18.3. The van der Waals surface area contributed by atoms with E-state index in [4.69, 9.17) is 0 Å². The summed E-state index contributed by atoms with van der Waals surface area (Å²) in [6.07, 6.45) is 0.408. The summed E-state index contributed by atoms with van der Waals surface area (Å²) in [5, 5.41) is 11.1. The van der Waals surface area contributed by atoms with Gasteiger partial charge < -0.3 is 0 Å². The number of nitrogens with one attached hydrogen (secondary N) is 1. The standard InChI is InChI=1S/C18H30N6O4S2/c1-12(2)24-16(6)18(15(5)21-24)30(27,28)23-9-7-8-22(10-11-23)29(25,26)17-13(3)19-20-14(17)4/h12H,7-11H2,1-6H3,(H,19,20).